The lowest BCUT2D eigenvalue weighted by atomic mass is 10.0. The molecular formula is C46H34Cl4O8S3. The van der Waals surface area contributed by atoms with E-state index in [0.717, 1.165) is 0 Å². The average molecular weight is 953 g/mol. The lowest BCUT2D eigenvalue weighted by Crippen LogP contribution is -2.14. The van der Waals surface area contributed by atoms with Crippen molar-refractivity contribution in [3.63, 3.8) is 0 Å². The first-order valence-corrected chi connectivity index (χ1v) is 23.2. The van der Waals surface area contributed by atoms with Crippen molar-refractivity contribution in [3.8, 4) is 23.0 Å². The van der Waals surface area contributed by atoms with Crippen molar-refractivity contribution in [2.24, 2.45) is 0 Å². The van der Waals surface area contributed by atoms with E-state index in [0.29, 0.717) is 63.3 Å². The van der Waals surface area contributed by atoms with Gasteiger partial charge in [0, 0.05) is 31.2 Å². The largest absolute Gasteiger partial charge is 0.422 e. The van der Waals surface area contributed by atoms with Gasteiger partial charge in [-0.3, -0.25) is 0 Å². The summed E-state index contributed by atoms with van der Waals surface area (Å²) in [5, 5.41) is 1.85. The number of esters is 4. The molecule has 312 valence electrons. The number of hydrogen-bond acceptors (Lipinski definition) is 11. The van der Waals surface area contributed by atoms with Crippen molar-refractivity contribution in [3.05, 3.63) is 173 Å². The van der Waals surface area contributed by atoms with Crippen LogP contribution < -0.4 is 18.9 Å². The summed E-state index contributed by atoms with van der Waals surface area (Å²) in [6.45, 7) is 10.6. The molecule has 0 atom stereocenters. The van der Waals surface area contributed by atoms with E-state index in [9.17, 15) is 19.2 Å². The monoisotopic (exact) mass is 950 g/mol. The van der Waals surface area contributed by atoms with E-state index >= 15 is 0 Å². The molecule has 0 radical (unpaired) electrons. The normalized spacial score (nSPS) is 10.9. The molecule has 0 N–H and O–H groups in total. The Bertz CT molecular complexity index is 2490. The van der Waals surface area contributed by atoms with Crippen molar-refractivity contribution >= 4 is 102 Å². The van der Waals surface area contributed by atoms with Gasteiger partial charge in [0.15, 0.2) is 0 Å². The Labute approximate surface area is 384 Å². The van der Waals surface area contributed by atoms with Gasteiger partial charge >= 0.3 is 23.9 Å². The number of carbonyl (C=O) groups excluding carboxylic acids is 4. The summed E-state index contributed by atoms with van der Waals surface area (Å²) in [5.74, 6) is -1.39. The Hall–Kier alpha value is -4.59. The van der Waals surface area contributed by atoms with Crippen LogP contribution in [0.15, 0.2) is 107 Å². The van der Waals surface area contributed by atoms with Crippen LogP contribution in [0.25, 0.3) is 0 Å². The van der Waals surface area contributed by atoms with Crippen molar-refractivity contribution < 1.29 is 38.1 Å². The molecule has 0 saturated carbocycles. The lowest BCUT2D eigenvalue weighted by molar-refractivity contribution is 0.0712. The highest BCUT2D eigenvalue weighted by Gasteiger charge is 2.28. The quantitative estimate of drug-likeness (QED) is 0.0665. The van der Waals surface area contributed by atoms with Gasteiger partial charge in [0.05, 0.1) is 32.0 Å². The fourth-order valence-electron chi connectivity index (χ4n) is 5.92. The number of ether oxygens (including phenoxy) is 4. The third-order valence-electron chi connectivity index (χ3n) is 9.60. The maximum absolute atomic E-state index is 13.6. The van der Waals surface area contributed by atoms with Crippen molar-refractivity contribution in [1.29, 1.82) is 0 Å². The highest BCUT2D eigenvalue weighted by atomic mass is 35.5. The van der Waals surface area contributed by atoms with Gasteiger partial charge in [-0.1, -0.05) is 46.4 Å². The van der Waals surface area contributed by atoms with Crippen LogP contribution in [0.4, 0.5) is 0 Å². The molecule has 0 aliphatic rings. The van der Waals surface area contributed by atoms with E-state index in [4.69, 9.17) is 65.4 Å². The van der Waals surface area contributed by atoms with Crippen molar-refractivity contribution in [1.82, 2.24) is 0 Å². The second-order valence-corrected chi connectivity index (χ2v) is 19.2. The Morgan fingerprint density at radius 2 is 0.557 bits per heavy atom. The van der Waals surface area contributed by atoms with Gasteiger partial charge in [0.2, 0.25) is 0 Å². The molecule has 8 nitrogen and oxygen atoms in total. The van der Waals surface area contributed by atoms with Crippen LogP contribution in [0.2, 0.25) is 20.1 Å². The van der Waals surface area contributed by atoms with Crippen LogP contribution in [0, 0.1) is 41.5 Å². The summed E-state index contributed by atoms with van der Waals surface area (Å²) in [7, 11) is 3.71. The van der Waals surface area contributed by atoms with E-state index in [1.54, 1.807) is 139 Å². The summed E-state index contributed by atoms with van der Waals surface area (Å²) >= 11 is 24.3. The maximum Gasteiger partial charge on any atom is 0.343 e. The number of carbonyl (C=O) groups is 4. The predicted octanol–water partition coefficient (Wildman–Crippen LogP) is 14.5. The molecule has 6 rings (SSSR count). The zero-order chi connectivity index (χ0) is 44.1. The van der Waals surface area contributed by atoms with Crippen LogP contribution in [0.5, 0.6) is 23.0 Å². The van der Waals surface area contributed by atoms with Crippen LogP contribution in [0.1, 0.15) is 74.8 Å². The van der Waals surface area contributed by atoms with E-state index in [-0.39, 0.29) is 45.3 Å². The minimum Gasteiger partial charge on any atom is -0.422 e. The fraction of sp³-hybridized carbons (Fsp3) is 0.130. The van der Waals surface area contributed by atoms with Crippen LogP contribution in [-0.4, -0.2) is 23.9 Å². The minimum atomic E-state index is -0.627. The van der Waals surface area contributed by atoms with E-state index in [1.807, 2.05) is 0 Å². The summed E-state index contributed by atoms with van der Waals surface area (Å²) < 4.78 is 24.2. The highest BCUT2D eigenvalue weighted by Crippen LogP contribution is 2.56. The summed E-state index contributed by atoms with van der Waals surface area (Å²) in [6.07, 6.45) is 0. The first-order valence-electron chi connectivity index (χ1n) is 18.2. The maximum atomic E-state index is 13.6. The van der Waals surface area contributed by atoms with Gasteiger partial charge in [-0.05, 0) is 192 Å². The number of halogens is 4. The Kier molecular flexibility index (Phi) is 15.1. The van der Waals surface area contributed by atoms with E-state index in [2.05, 4.69) is 0 Å². The molecule has 0 aliphatic heterocycles. The lowest BCUT2D eigenvalue weighted by Gasteiger charge is -2.22. The van der Waals surface area contributed by atoms with Crippen LogP contribution >= 0.6 is 77.8 Å². The second-order valence-electron chi connectivity index (χ2n) is 13.5. The molecule has 15 heteroatoms. The van der Waals surface area contributed by atoms with Crippen molar-refractivity contribution in [2.45, 2.75) is 51.3 Å². The van der Waals surface area contributed by atoms with E-state index < -0.39 is 23.9 Å². The van der Waals surface area contributed by atoms with Gasteiger partial charge < -0.3 is 18.9 Å². The minimum absolute atomic E-state index is 0.253. The Morgan fingerprint density at radius 1 is 0.344 bits per heavy atom. The number of hydrogen-bond donors (Lipinski definition) is 0. The summed E-state index contributed by atoms with van der Waals surface area (Å²) in [4.78, 5) is 55.0. The Morgan fingerprint density at radius 3 is 0.803 bits per heavy atom. The molecule has 6 aromatic carbocycles. The summed E-state index contributed by atoms with van der Waals surface area (Å²) in [6, 6.07) is 25.3. The number of rotatable bonds is 12. The predicted molar refractivity (Wildman–Crippen MR) is 246 cm³/mol. The molecule has 0 unspecified atom stereocenters. The van der Waals surface area contributed by atoms with Crippen molar-refractivity contribution in [2.75, 3.05) is 0 Å². The van der Waals surface area contributed by atoms with Gasteiger partial charge in [0.25, 0.3) is 0 Å². The highest BCUT2D eigenvalue weighted by molar-refractivity contribution is 9.09. The standard InChI is InChI=1S/C46H34Cl4O8S3/c1-23-25(3)39(57-45(53)31-11-19-35(49)20-12-31)41(27(5)37(23)55-43(51)29-7-15-33(47)16-8-29)59-61-60-42-28(6)38(56-44(52)30-9-17-34(48)18-10-30)24(2)26(4)40(42)58-46(54)32-13-21-36(50)22-14-32/h7-22H,1-6H3. The third-order valence-corrected chi connectivity index (χ3v) is 14.7. The average Bonchev–Trinajstić information content (AvgIpc) is 3.24. The van der Waals surface area contributed by atoms with Crippen LogP contribution in [0.3, 0.4) is 0 Å². The first-order chi connectivity index (χ1) is 29.0. The molecule has 0 fully saturated rings. The zero-order valence-electron chi connectivity index (χ0n) is 33.2. The zero-order valence-corrected chi connectivity index (χ0v) is 38.7. The molecule has 0 aliphatic carbocycles. The SMILES string of the molecule is Cc1c(C)c(OC(=O)c2ccc(Cl)cc2)c(SSSc2c(C)c(OC(=O)c3ccc(Cl)cc3)c(C)c(C)c2OC(=O)c2ccc(Cl)cc2)c(C)c1OC(=O)c1ccc(Cl)cc1. The fourth-order valence-corrected chi connectivity index (χ4v) is 10.8. The second kappa shape index (κ2) is 20.1. The molecule has 6 aromatic rings. The molecule has 0 aromatic heterocycles. The van der Waals surface area contributed by atoms with Gasteiger partial charge in [-0.15, -0.1) is 0 Å². The molecule has 61 heavy (non-hydrogen) atoms. The molecule has 0 saturated heterocycles. The van der Waals surface area contributed by atoms with Crippen LogP contribution in [-0.2, 0) is 0 Å². The first kappa shape index (κ1) is 45.9. The van der Waals surface area contributed by atoms with Gasteiger partial charge in [-0.2, -0.15) is 0 Å². The third kappa shape index (κ3) is 10.7. The van der Waals surface area contributed by atoms with Gasteiger partial charge in [0.1, 0.15) is 23.0 Å². The van der Waals surface area contributed by atoms with E-state index in [1.165, 1.54) is 31.4 Å². The van der Waals surface area contributed by atoms with Gasteiger partial charge in [-0.25, -0.2) is 19.2 Å². The molecule has 0 spiro atoms. The molecule has 0 amide bonds. The topological polar surface area (TPSA) is 105 Å². The molecule has 0 bridgehead atoms. The smallest absolute Gasteiger partial charge is 0.343 e. The molecular weight excluding hydrogens is 919 g/mol. The Balaban J connectivity index is 1.40. The number of benzene rings is 6. The molecule has 0 heterocycles. The summed E-state index contributed by atoms with van der Waals surface area (Å²) in [5.41, 5.74) is 4.42.